The van der Waals surface area contributed by atoms with Gasteiger partial charge in [-0.05, 0) is 17.7 Å². The van der Waals surface area contributed by atoms with Crippen LogP contribution in [0.4, 0.5) is 0 Å². The Kier molecular flexibility index (Phi) is 10.1. The summed E-state index contributed by atoms with van der Waals surface area (Å²) in [5.41, 5.74) is 0.534. The molecule has 1 N–H and O–H groups in total. The number of carbonyl (C=O) groups is 5. The van der Waals surface area contributed by atoms with Crippen LogP contribution in [-0.2, 0) is 61.9 Å². The molecule has 0 bridgehead atoms. The minimum absolute atomic E-state index is 0.140. The normalized spacial score (nSPS) is 33.1. The lowest BCUT2D eigenvalue weighted by Crippen LogP contribution is -2.62. The van der Waals surface area contributed by atoms with E-state index in [1.807, 2.05) is 0 Å². The van der Waals surface area contributed by atoms with Gasteiger partial charge in [-0.25, -0.2) is 0 Å². The highest BCUT2D eigenvalue weighted by atomic mass is 16.8. The maximum atomic E-state index is 11.8. The Labute approximate surface area is 224 Å². The molecule has 216 valence electrons. The van der Waals surface area contributed by atoms with Gasteiger partial charge < -0.3 is 43.0 Å². The minimum Gasteiger partial charge on any atom is -0.472 e. The first-order valence-corrected chi connectivity index (χ1v) is 12.2. The fourth-order valence-electron chi connectivity index (χ4n) is 4.65. The van der Waals surface area contributed by atoms with Crippen LogP contribution < -0.4 is 0 Å². The van der Waals surface area contributed by atoms with E-state index >= 15 is 0 Å². The molecule has 1 fully saturated rings. The van der Waals surface area contributed by atoms with Crippen LogP contribution in [0.1, 0.15) is 34.6 Å². The summed E-state index contributed by atoms with van der Waals surface area (Å²) in [6, 6.07) is 0. The van der Waals surface area contributed by atoms with Crippen molar-refractivity contribution in [3.05, 3.63) is 24.0 Å². The Balaban J connectivity index is 1.88. The topological polar surface area (TPSA) is 179 Å². The number of fused-ring (bicyclic) bond motifs is 1. The predicted molar refractivity (Wildman–Crippen MR) is 125 cm³/mol. The zero-order valence-corrected chi connectivity index (χ0v) is 22.1. The van der Waals surface area contributed by atoms with Gasteiger partial charge in [0.25, 0.3) is 0 Å². The first kappa shape index (κ1) is 30.1. The summed E-state index contributed by atoms with van der Waals surface area (Å²) in [5, 5.41) is 11.1. The molecular weight excluding hydrogens is 524 g/mol. The van der Waals surface area contributed by atoms with Crippen LogP contribution >= 0.6 is 0 Å². The van der Waals surface area contributed by atoms with E-state index in [0.29, 0.717) is 5.57 Å². The summed E-state index contributed by atoms with van der Waals surface area (Å²) in [6.45, 7) is 5.32. The van der Waals surface area contributed by atoms with E-state index in [4.69, 9.17) is 37.9 Å². The molecule has 1 aliphatic carbocycles. The first-order chi connectivity index (χ1) is 18.4. The van der Waals surface area contributed by atoms with Crippen molar-refractivity contribution in [1.82, 2.24) is 0 Å². The molecule has 14 heteroatoms. The molecule has 0 radical (unpaired) electrons. The SMILES string of the molecule is CC(=O)OCC1=C[C@@H](OC(C)=O)[C@@H]2C=CO[C@H](O[C@@H]3O[C@H](COC(C)=O)[C@@H](OC(C)=O)[C@H](OC(C)=O)[C@H]3O)[C@H]12. The van der Waals surface area contributed by atoms with Crippen LogP contribution in [-0.4, -0.2) is 91.3 Å². The van der Waals surface area contributed by atoms with Gasteiger partial charge in [-0.3, -0.25) is 24.0 Å². The summed E-state index contributed by atoms with van der Waals surface area (Å²) >= 11 is 0. The zero-order chi connectivity index (χ0) is 28.9. The molecule has 39 heavy (non-hydrogen) atoms. The Morgan fingerprint density at radius 3 is 2.03 bits per heavy atom. The molecule has 3 rings (SSSR count). The number of hydrogen-bond acceptors (Lipinski definition) is 14. The van der Waals surface area contributed by atoms with E-state index in [-0.39, 0.29) is 6.61 Å². The van der Waals surface area contributed by atoms with E-state index in [1.54, 1.807) is 12.2 Å². The minimum atomic E-state index is -1.67. The second kappa shape index (κ2) is 13.0. The van der Waals surface area contributed by atoms with E-state index in [1.165, 1.54) is 20.1 Å². The lowest BCUT2D eigenvalue weighted by molar-refractivity contribution is -0.341. The first-order valence-electron chi connectivity index (χ1n) is 12.2. The second-order valence-electron chi connectivity index (χ2n) is 9.15. The predicted octanol–water partition coefficient (Wildman–Crippen LogP) is 0.0525. The van der Waals surface area contributed by atoms with E-state index in [9.17, 15) is 29.1 Å². The van der Waals surface area contributed by atoms with Gasteiger partial charge in [0.05, 0.1) is 12.2 Å². The lowest BCUT2D eigenvalue weighted by Gasteiger charge is -2.44. The van der Waals surface area contributed by atoms with E-state index < -0.39 is 91.4 Å². The van der Waals surface area contributed by atoms with Crippen molar-refractivity contribution >= 4 is 29.8 Å². The fraction of sp³-hybridized carbons (Fsp3) is 0.640. The molecule has 0 saturated carbocycles. The summed E-state index contributed by atoms with van der Waals surface area (Å²) in [4.78, 5) is 58.2. The van der Waals surface area contributed by atoms with Crippen LogP contribution in [0.3, 0.4) is 0 Å². The van der Waals surface area contributed by atoms with Gasteiger partial charge in [0, 0.05) is 40.5 Å². The summed E-state index contributed by atoms with van der Waals surface area (Å²) in [7, 11) is 0. The molecule has 0 amide bonds. The molecule has 0 aromatic heterocycles. The van der Waals surface area contributed by atoms with Crippen molar-refractivity contribution in [2.24, 2.45) is 11.8 Å². The number of hydrogen-bond donors (Lipinski definition) is 1. The smallest absolute Gasteiger partial charge is 0.303 e. The van der Waals surface area contributed by atoms with Crippen LogP contribution in [0.5, 0.6) is 0 Å². The summed E-state index contributed by atoms with van der Waals surface area (Å²) < 4.78 is 43.6. The van der Waals surface area contributed by atoms with Crippen molar-refractivity contribution in [1.29, 1.82) is 0 Å². The van der Waals surface area contributed by atoms with Gasteiger partial charge in [0.15, 0.2) is 18.5 Å². The standard InChI is InChI=1S/C25H32O14/c1-11(26)33-9-16-8-18(35-13(3)28)17-6-7-32-24(20(16)17)39-25-21(31)23(37-15(5)30)22(36-14(4)29)19(38-25)10-34-12(2)27/h6-8,17-25,31H,9-10H2,1-5H3/t17-,18+,19+,20+,21+,22+,23+,24+,25-/m0/s1. The molecular formula is C25H32O14. The zero-order valence-electron chi connectivity index (χ0n) is 22.1. The summed E-state index contributed by atoms with van der Waals surface area (Å²) in [6.07, 6.45) is -4.41. The summed E-state index contributed by atoms with van der Waals surface area (Å²) in [5.74, 6) is -4.36. The highest BCUT2D eigenvalue weighted by Gasteiger charge is 2.53. The van der Waals surface area contributed by atoms with Gasteiger partial charge in [-0.1, -0.05) is 0 Å². The highest BCUT2D eigenvalue weighted by Crippen LogP contribution is 2.42. The molecule has 9 atom stereocenters. The third-order valence-corrected chi connectivity index (χ3v) is 6.09. The van der Waals surface area contributed by atoms with Gasteiger partial charge in [0.2, 0.25) is 6.29 Å². The molecule has 14 nitrogen and oxygen atoms in total. The number of aliphatic hydroxyl groups excluding tert-OH is 1. The number of aliphatic hydroxyl groups is 1. The van der Waals surface area contributed by atoms with Gasteiger partial charge >= 0.3 is 29.8 Å². The Bertz CT molecular complexity index is 1020. The number of carbonyl (C=O) groups excluding carboxylic acids is 5. The lowest BCUT2D eigenvalue weighted by atomic mass is 9.88. The quantitative estimate of drug-likeness (QED) is 0.229. The molecule has 0 spiro atoms. The molecule has 0 aromatic carbocycles. The monoisotopic (exact) mass is 556 g/mol. The average molecular weight is 557 g/mol. The third kappa shape index (κ3) is 7.77. The van der Waals surface area contributed by atoms with Crippen LogP contribution in [0, 0.1) is 11.8 Å². The van der Waals surface area contributed by atoms with Gasteiger partial charge in [-0.2, -0.15) is 0 Å². The Morgan fingerprint density at radius 2 is 1.44 bits per heavy atom. The number of ether oxygens (including phenoxy) is 8. The fourth-order valence-corrected chi connectivity index (χ4v) is 4.65. The number of rotatable bonds is 9. The molecule has 2 heterocycles. The van der Waals surface area contributed by atoms with Crippen molar-refractivity contribution in [3.8, 4) is 0 Å². The average Bonchev–Trinajstić information content (AvgIpc) is 3.18. The van der Waals surface area contributed by atoms with Gasteiger partial charge in [-0.15, -0.1) is 0 Å². The maximum Gasteiger partial charge on any atom is 0.303 e. The highest BCUT2D eigenvalue weighted by molar-refractivity contribution is 5.68. The van der Waals surface area contributed by atoms with E-state index in [0.717, 1.165) is 20.8 Å². The molecule has 1 saturated heterocycles. The maximum absolute atomic E-state index is 11.8. The second-order valence-corrected chi connectivity index (χ2v) is 9.15. The van der Waals surface area contributed by atoms with Crippen LogP contribution in [0.2, 0.25) is 0 Å². The van der Waals surface area contributed by atoms with Crippen LogP contribution in [0.15, 0.2) is 24.0 Å². The van der Waals surface area contributed by atoms with Crippen molar-refractivity contribution in [2.75, 3.05) is 13.2 Å². The Morgan fingerprint density at radius 1 is 0.821 bits per heavy atom. The Hall–Kier alpha value is -3.49. The molecule has 0 unspecified atom stereocenters. The largest absolute Gasteiger partial charge is 0.472 e. The van der Waals surface area contributed by atoms with Gasteiger partial charge in [0.1, 0.15) is 31.5 Å². The van der Waals surface area contributed by atoms with Crippen molar-refractivity contribution in [3.63, 3.8) is 0 Å². The van der Waals surface area contributed by atoms with Crippen molar-refractivity contribution in [2.45, 2.75) is 77.7 Å². The van der Waals surface area contributed by atoms with E-state index in [2.05, 4.69) is 0 Å². The number of esters is 5. The van der Waals surface area contributed by atoms with Crippen LogP contribution in [0.25, 0.3) is 0 Å². The molecule has 3 aliphatic rings. The molecule has 0 aromatic rings. The van der Waals surface area contributed by atoms with Crippen molar-refractivity contribution < 1.29 is 67.0 Å². The third-order valence-electron chi connectivity index (χ3n) is 6.09. The molecule has 2 aliphatic heterocycles.